The Balaban J connectivity index is 2.01. The maximum Gasteiger partial charge on any atom is 0.0246 e. The van der Waals surface area contributed by atoms with Crippen LogP contribution in [0.15, 0.2) is 53.1 Å². The van der Waals surface area contributed by atoms with Crippen molar-refractivity contribution in [1.29, 1.82) is 0 Å². The second-order valence-electron chi connectivity index (χ2n) is 5.11. The van der Waals surface area contributed by atoms with E-state index in [4.69, 9.17) is 0 Å². The Morgan fingerprint density at radius 2 is 1.94 bits per heavy atom. The molecule has 0 fully saturated rings. The summed E-state index contributed by atoms with van der Waals surface area (Å²) in [5.41, 5.74) is 7.71. The Hall–Kier alpha value is -1.56. The minimum absolute atomic E-state index is 0.524. The van der Waals surface area contributed by atoms with E-state index in [0.29, 0.717) is 5.92 Å². The van der Waals surface area contributed by atoms with Gasteiger partial charge in [0.1, 0.15) is 0 Å². The number of hydrogen-bond donors (Lipinski definition) is 0. The van der Waals surface area contributed by atoms with Gasteiger partial charge in [0.15, 0.2) is 0 Å². The molecule has 0 amide bonds. The third kappa shape index (κ3) is 1.68. The quantitative estimate of drug-likeness (QED) is 0.673. The topological polar surface area (TPSA) is 0 Å². The van der Waals surface area contributed by atoms with Crippen molar-refractivity contribution in [3.8, 4) is 0 Å². The van der Waals surface area contributed by atoms with Gasteiger partial charge in [-0.05, 0) is 41.5 Å². The molecule has 2 aliphatic carbocycles. The molecule has 18 heavy (non-hydrogen) atoms. The molecule has 0 saturated heterocycles. The normalized spacial score (nSPS) is 21.4. The van der Waals surface area contributed by atoms with Gasteiger partial charge in [-0.2, -0.15) is 0 Å². The first-order chi connectivity index (χ1) is 8.85. The molecule has 0 N–H and O–H groups in total. The van der Waals surface area contributed by atoms with Crippen LogP contribution in [0.1, 0.15) is 50.2 Å². The van der Waals surface area contributed by atoms with Crippen LogP contribution in [0.5, 0.6) is 0 Å². The predicted molar refractivity (Wildman–Crippen MR) is 78.5 cm³/mol. The van der Waals surface area contributed by atoms with Crippen molar-refractivity contribution in [2.75, 3.05) is 0 Å². The first-order valence-corrected chi connectivity index (χ1v) is 7.03. The van der Waals surface area contributed by atoms with Gasteiger partial charge in [0.25, 0.3) is 0 Å². The Morgan fingerprint density at radius 1 is 1.11 bits per heavy atom. The number of benzene rings is 1. The number of allylic oxidation sites excluding steroid dienone is 5. The zero-order valence-electron chi connectivity index (χ0n) is 11.2. The summed E-state index contributed by atoms with van der Waals surface area (Å²) in [6, 6.07) is 8.80. The lowest BCUT2D eigenvalue weighted by Crippen LogP contribution is -1.99. The molecule has 0 heterocycles. The van der Waals surface area contributed by atoms with Gasteiger partial charge >= 0.3 is 0 Å². The average Bonchev–Trinajstić information content (AvgIpc) is 3.01. The summed E-state index contributed by atoms with van der Waals surface area (Å²) in [7, 11) is 0. The largest absolute Gasteiger partial charge is 0.0769 e. The molecule has 1 unspecified atom stereocenters. The van der Waals surface area contributed by atoms with Gasteiger partial charge in [0.05, 0.1) is 0 Å². The fourth-order valence-electron chi connectivity index (χ4n) is 3.37. The van der Waals surface area contributed by atoms with E-state index >= 15 is 0 Å². The van der Waals surface area contributed by atoms with E-state index in [1.165, 1.54) is 24.0 Å². The SMILES string of the molecule is CCC1=CCC(C2C=Cc3ccccc32)=C1CC. The number of fused-ring (bicyclic) bond motifs is 1. The van der Waals surface area contributed by atoms with Crippen LogP contribution in [0.4, 0.5) is 0 Å². The van der Waals surface area contributed by atoms with Gasteiger partial charge in [0, 0.05) is 5.92 Å². The molecule has 1 aromatic rings. The molecule has 0 aromatic heterocycles. The van der Waals surface area contributed by atoms with E-state index in [-0.39, 0.29) is 0 Å². The lowest BCUT2D eigenvalue weighted by Gasteiger charge is -2.16. The molecule has 0 spiro atoms. The van der Waals surface area contributed by atoms with Crippen molar-refractivity contribution in [1.82, 2.24) is 0 Å². The van der Waals surface area contributed by atoms with Gasteiger partial charge in [-0.1, -0.05) is 61.9 Å². The highest BCUT2D eigenvalue weighted by Crippen LogP contribution is 2.43. The van der Waals surface area contributed by atoms with E-state index in [0.717, 1.165) is 6.42 Å². The van der Waals surface area contributed by atoms with E-state index in [9.17, 15) is 0 Å². The molecule has 3 rings (SSSR count). The maximum atomic E-state index is 2.43. The molecular weight excluding hydrogens is 216 g/mol. The van der Waals surface area contributed by atoms with Crippen LogP contribution in [0.2, 0.25) is 0 Å². The smallest absolute Gasteiger partial charge is 0.0246 e. The van der Waals surface area contributed by atoms with Crippen LogP contribution in [-0.2, 0) is 0 Å². The molecule has 1 aromatic carbocycles. The predicted octanol–water partition coefficient (Wildman–Crippen LogP) is 5.24. The van der Waals surface area contributed by atoms with Gasteiger partial charge < -0.3 is 0 Å². The minimum Gasteiger partial charge on any atom is -0.0769 e. The molecular formula is C18H20. The van der Waals surface area contributed by atoms with Gasteiger partial charge in [-0.3, -0.25) is 0 Å². The van der Waals surface area contributed by atoms with E-state index in [1.54, 1.807) is 16.7 Å². The first-order valence-electron chi connectivity index (χ1n) is 7.03. The standard InChI is InChI=1S/C18H20/c1-3-13-9-11-17(15(13)4-2)18-12-10-14-7-5-6-8-16(14)18/h5-10,12,18H,3-4,11H2,1-2H3. The summed E-state index contributed by atoms with van der Waals surface area (Å²) < 4.78 is 0. The van der Waals surface area contributed by atoms with Crippen molar-refractivity contribution in [2.24, 2.45) is 0 Å². The van der Waals surface area contributed by atoms with Crippen LogP contribution in [0, 0.1) is 0 Å². The zero-order valence-corrected chi connectivity index (χ0v) is 11.2. The maximum absolute atomic E-state index is 2.43. The number of rotatable bonds is 3. The molecule has 0 saturated carbocycles. The van der Waals surface area contributed by atoms with Gasteiger partial charge in [-0.25, -0.2) is 0 Å². The van der Waals surface area contributed by atoms with E-state index in [2.05, 4.69) is 56.3 Å². The van der Waals surface area contributed by atoms with Crippen molar-refractivity contribution < 1.29 is 0 Å². The fraction of sp³-hybridized carbons (Fsp3) is 0.333. The molecule has 0 nitrogen and oxygen atoms in total. The van der Waals surface area contributed by atoms with Gasteiger partial charge in [-0.15, -0.1) is 0 Å². The lowest BCUT2D eigenvalue weighted by atomic mass is 9.88. The van der Waals surface area contributed by atoms with Crippen LogP contribution in [-0.4, -0.2) is 0 Å². The highest BCUT2D eigenvalue weighted by Gasteiger charge is 2.25. The Morgan fingerprint density at radius 3 is 2.72 bits per heavy atom. The summed E-state index contributed by atoms with van der Waals surface area (Å²) in [5.74, 6) is 0.524. The van der Waals surface area contributed by atoms with Crippen LogP contribution >= 0.6 is 0 Å². The summed E-state index contributed by atoms with van der Waals surface area (Å²) in [4.78, 5) is 0. The summed E-state index contributed by atoms with van der Waals surface area (Å²) in [6.07, 6.45) is 10.6. The highest BCUT2D eigenvalue weighted by atomic mass is 14.3. The monoisotopic (exact) mass is 236 g/mol. The Bertz CT molecular complexity index is 555. The summed E-state index contributed by atoms with van der Waals surface area (Å²) in [6.45, 7) is 4.55. The Kier molecular flexibility index (Phi) is 2.95. The summed E-state index contributed by atoms with van der Waals surface area (Å²) >= 11 is 0. The Labute approximate surface area is 110 Å². The fourth-order valence-corrected chi connectivity index (χ4v) is 3.37. The summed E-state index contributed by atoms with van der Waals surface area (Å²) in [5, 5.41) is 0. The molecule has 0 heteroatoms. The first kappa shape index (κ1) is 11.5. The second-order valence-corrected chi connectivity index (χ2v) is 5.11. The molecule has 1 atom stereocenters. The third-order valence-corrected chi connectivity index (χ3v) is 4.25. The molecule has 0 aliphatic heterocycles. The molecule has 0 bridgehead atoms. The number of hydrogen-bond acceptors (Lipinski definition) is 0. The van der Waals surface area contributed by atoms with E-state index in [1.807, 2.05) is 0 Å². The van der Waals surface area contributed by atoms with E-state index < -0.39 is 0 Å². The third-order valence-electron chi connectivity index (χ3n) is 4.25. The molecule has 2 aliphatic rings. The molecule has 0 radical (unpaired) electrons. The van der Waals surface area contributed by atoms with Gasteiger partial charge in [0.2, 0.25) is 0 Å². The van der Waals surface area contributed by atoms with Crippen molar-refractivity contribution in [2.45, 2.75) is 39.0 Å². The van der Waals surface area contributed by atoms with Crippen LogP contribution in [0.3, 0.4) is 0 Å². The van der Waals surface area contributed by atoms with Crippen molar-refractivity contribution in [3.63, 3.8) is 0 Å². The second kappa shape index (κ2) is 4.61. The van der Waals surface area contributed by atoms with Crippen molar-refractivity contribution in [3.05, 3.63) is 64.3 Å². The lowest BCUT2D eigenvalue weighted by molar-refractivity contribution is 0.929. The minimum atomic E-state index is 0.524. The van der Waals surface area contributed by atoms with Crippen LogP contribution in [0.25, 0.3) is 6.08 Å². The molecule has 92 valence electrons. The van der Waals surface area contributed by atoms with Crippen LogP contribution < -0.4 is 0 Å². The highest BCUT2D eigenvalue weighted by molar-refractivity contribution is 5.66. The van der Waals surface area contributed by atoms with Crippen molar-refractivity contribution >= 4 is 6.08 Å². The average molecular weight is 236 g/mol. The zero-order chi connectivity index (χ0) is 12.5.